The first-order valence-electron chi connectivity index (χ1n) is 13.0. The highest BCUT2D eigenvalue weighted by Gasteiger charge is 2.54. The van der Waals surface area contributed by atoms with Crippen LogP contribution < -0.4 is 0 Å². The minimum atomic E-state index is -4.44. The molecule has 1 heterocycles. The molecule has 36 heavy (non-hydrogen) atoms. The number of nitrogens with zero attached hydrogens (tertiary/aromatic N) is 3. The molecule has 0 aliphatic heterocycles. The summed E-state index contributed by atoms with van der Waals surface area (Å²) in [6.45, 7) is 2.76. The molecular formula is C29H30F3N3O. The molecule has 2 fully saturated rings. The molecule has 0 N–H and O–H groups in total. The number of ketones is 1. The van der Waals surface area contributed by atoms with Crippen molar-refractivity contribution < 1.29 is 18.0 Å². The van der Waals surface area contributed by atoms with Crippen molar-refractivity contribution in [3.8, 4) is 11.3 Å². The maximum absolute atomic E-state index is 13.4. The van der Waals surface area contributed by atoms with E-state index >= 15 is 0 Å². The van der Waals surface area contributed by atoms with Crippen molar-refractivity contribution in [3.63, 3.8) is 0 Å². The van der Waals surface area contributed by atoms with Crippen LogP contribution in [0.5, 0.6) is 0 Å². The fourth-order valence-electron chi connectivity index (χ4n) is 7.29. The highest BCUT2D eigenvalue weighted by molar-refractivity contribution is 5.87. The number of alkyl halides is 3. The molecule has 0 radical (unpaired) electrons. The smallest absolute Gasteiger partial charge is 0.299 e. The summed E-state index contributed by atoms with van der Waals surface area (Å²) in [4.78, 5) is 12.6. The second kappa shape index (κ2) is 8.56. The van der Waals surface area contributed by atoms with Crippen LogP contribution in [0.1, 0.15) is 67.2 Å². The molecule has 2 aromatic carbocycles. The third-order valence-electron chi connectivity index (χ3n) is 9.18. The number of benzene rings is 2. The SMILES string of the molecule is C[C@]12CC[C@@H]3c4ccc(CCn5cc(-c6ccccc6C(F)(F)F)nn5)cc4CC[C@H]3[C@@H]1CCC2=O. The van der Waals surface area contributed by atoms with Crippen molar-refractivity contribution in [2.45, 2.75) is 70.5 Å². The van der Waals surface area contributed by atoms with Crippen molar-refractivity contribution >= 4 is 5.78 Å². The van der Waals surface area contributed by atoms with Crippen molar-refractivity contribution in [3.05, 3.63) is 70.9 Å². The molecule has 4 atom stereocenters. The third-order valence-corrected chi connectivity index (χ3v) is 9.18. The van der Waals surface area contributed by atoms with Gasteiger partial charge in [-0.3, -0.25) is 9.48 Å². The Morgan fingerprint density at radius 3 is 2.75 bits per heavy atom. The fraction of sp³-hybridized carbons (Fsp3) is 0.483. The van der Waals surface area contributed by atoms with Gasteiger partial charge in [-0.05, 0) is 79.0 Å². The normalized spacial score (nSPS) is 27.4. The molecule has 188 valence electrons. The average molecular weight is 494 g/mol. The number of carbonyl (C=O) groups is 1. The molecule has 0 spiro atoms. The summed E-state index contributed by atoms with van der Waals surface area (Å²) in [7, 11) is 0. The molecule has 4 nitrogen and oxygen atoms in total. The number of aryl methyl sites for hydroxylation is 3. The molecule has 0 saturated heterocycles. The Kier molecular flexibility index (Phi) is 5.58. The number of hydrogen-bond donors (Lipinski definition) is 0. The van der Waals surface area contributed by atoms with E-state index in [4.69, 9.17) is 0 Å². The first-order valence-corrected chi connectivity index (χ1v) is 13.0. The maximum Gasteiger partial charge on any atom is 0.417 e. The van der Waals surface area contributed by atoms with Crippen LogP contribution in [-0.4, -0.2) is 20.8 Å². The number of carbonyl (C=O) groups excluding carboxylic acids is 1. The van der Waals surface area contributed by atoms with Crippen molar-refractivity contribution in [2.75, 3.05) is 0 Å². The van der Waals surface area contributed by atoms with Crippen LogP contribution in [0, 0.1) is 17.3 Å². The molecule has 0 bridgehead atoms. The molecule has 0 unspecified atom stereocenters. The lowest BCUT2D eigenvalue weighted by Gasteiger charge is -2.48. The third kappa shape index (κ3) is 3.87. The van der Waals surface area contributed by atoms with E-state index in [1.807, 2.05) is 0 Å². The van der Waals surface area contributed by atoms with Gasteiger partial charge >= 0.3 is 6.18 Å². The van der Waals surface area contributed by atoms with Crippen LogP contribution in [0.15, 0.2) is 48.7 Å². The topological polar surface area (TPSA) is 47.8 Å². The standard InChI is InChI=1S/C29H30F3N3O/c1-28-14-12-21-20-8-6-18(16-19(20)7-9-22(21)24(28)10-11-27(28)36)13-15-35-17-26(33-34-35)23-4-2-3-5-25(23)29(30,31)32/h2-6,8,16-17,21-22,24H,7,9-15H2,1H3/t21-,22-,24+,28+/m1/s1. The fourth-order valence-corrected chi connectivity index (χ4v) is 7.29. The van der Waals surface area contributed by atoms with Gasteiger partial charge in [-0.1, -0.05) is 48.5 Å². The first kappa shape index (κ1) is 23.4. The molecular weight excluding hydrogens is 463 g/mol. The van der Waals surface area contributed by atoms with Gasteiger partial charge in [0.25, 0.3) is 0 Å². The Hall–Kier alpha value is -2.96. The van der Waals surface area contributed by atoms with E-state index in [1.54, 1.807) is 16.9 Å². The van der Waals surface area contributed by atoms with Crippen molar-refractivity contribution in [1.82, 2.24) is 15.0 Å². The first-order chi connectivity index (χ1) is 17.2. The molecule has 6 rings (SSSR count). The lowest BCUT2D eigenvalue weighted by Crippen LogP contribution is -2.42. The summed E-state index contributed by atoms with van der Waals surface area (Å²) >= 11 is 0. The summed E-state index contributed by atoms with van der Waals surface area (Å²) in [6, 6.07) is 12.2. The van der Waals surface area contributed by atoms with Gasteiger partial charge in [0, 0.05) is 23.9 Å². The number of hydrogen-bond acceptors (Lipinski definition) is 3. The van der Waals surface area contributed by atoms with Crippen LogP contribution in [0.3, 0.4) is 0 Å². The number of rotatable bonds is 4. The van der Waals surface area contributed by atoms with E-state index in [-0.39, 0.29) is 16.7 Å². The lowest BCUT2D eigenvalue weighted by molar-refractivity contribution is -0.137. The van der Waals surface area contributed by atoms with Gasteiger partial charge in [-0.15, -0.1) is 5.10 Å². The van der Waals surface area contributed by atoms with Crippen molar-refractivity contribution in [2.24, 2.45) is 17.3 Å². The van der Waals surface area contributed by atoms with Crippen LogP contribution in [0.25, 0.3) is 11.3 Å². The van der Waals surface area contributed by atoms with Gasteiger partial charge in [-0.2, -0.15) is 13.2 Å². The number of halogens is 3. The van der Waals surface area contributed by atoms with E-state index in [2.05, 4.69) is 35.4 Å². The molecule has 3 aromatic rings. The van der Waals surface area contributed by atoms with E-state index in [0.29, 0.717) is 30.1 Å². The Balaban J connectivity index is 1.16. The number of fused-ring (bicyclic) bond motifs is 5. The van der Waals surface area contributed by atoms with Crippen LogP contribution >= 0.6 is 0 Å². The van der Waals surface area contributed by atoms with Gasteiger partial charge in [0.2, 0.25) is 0 Å². The van der Waals surface area contributed by atoms with E-state index < -0.39 is 11.7 Å². The number of aromatic nitrogens is 3. The van der Waals surface area contributed by atoms with Crippen LogP contribution in [-0.2, 0) is 30.4 Å². The summed E-state index contributed by atoms with van der Waals surface area (Å²) in [6.07, 6.45) is 4.00. The van der Waals surface area contributed by atoms with Gasteiger partial charge in [0.1, 0.15) is 11.5 Å². The van der Waals surface area contributed by atoms with Gasteiger partial charge in [-0.25, -0.2) is 0 Å². The predicted octanol–water partition coefficient (Wildman–Crippen LogP) is 6.63. The molecule has 1 aromatic heterocycles. The average Bonchev–Trinajstić information content (AvgIpc) is 3.46. The zero-order valence-electron chi connectivity index (χ0n) is 20.4. The second-order valence-corrected chi connectivity index (χ2v) is 11.0. The lowest BCUT2D eigenvalue weighted by atomic mass is 9.55. The Morgan fingerprint density at radius 1 is 1.08 bits per heavy atom. The van der Waals surface area contributed by atoms with Crippen molar-refractivity contribution in [1.29, 1.82) is 0 Å². The largest absolute Gasteiger partial charge is 0.417 e. The summed E-state index contributed by atoms with van der Waals surface area (Å²) in [5, 5.41) is 8.10. The number of Topliss-reactive ketones (excluding diaryl/α,β-unsaturated/α-hetero) is 1. The molecule has 3 aliphatic carbocycles. The minimum absolute atomic E-state index is 0.0483. The monoisotopic (exact) mass is 493 g/mol. The second-order valence-electron chi connectivity index (χ2n) is 11.0. The highest BCUT2D eigenvalue weighted by atomic mass is 19.4. The van der Waals surface area contributed by atoms with Gasteiger partial charge < -0.3 is 0 Å². The van der Waals surface area contributed by atoms with E-state index in [9.17, 15) is 18.0 Å². The highest BCUT2D eigenvalue weighted by Crippen LogP contribution is 2.59. The molecule has 2 saturated carbocycles. The minimum Gasteiger partial charge on any atom is -0.299 e. The molecule has 0 amide bonds. The zero-order chi connectivity index (χ0) is 25.1. The molecule has 3 aliphatic rings. The van der Waals surface area contributed by atoms with Gasteiger partial charge in [0.05, 0.1) is 11.8 Å². The molecule has 7 heteroatoms. The van der Waals surface area contributed by atoms with E-state index in [1.165, 1.54) is 28.8 Å². The van der Waals surface area contributed by atoms with Crippen LogP contribution in [0.2, 0.25) is 0 Å². The Morgan fingerprint density at radius 2 is 1.92 bits per heavy atom. The quantitative estimate of drug-likeness (QED) is 0.410. The maximum atomic E-state index is 13.4. The summed E-state index contributed by atoms with van der Waals surface area (Å²) in [5.41, 5.74) is 3.56. The Labute approximate surface area is 208 Å². The zero-order valence-corrected chi connectivity index (χ0v) is 20.4. The van der Waals surface area contributed by atoms with E-state index in [0.717, 1.165) is 51.0 Å². The van der Waals surface area contributed by atoms with Crippen LogP contribution in [0.4, 0.5) is 13.2 Å². The summed E-state index contributed by atoms with van der Waals surface area (Å²) in [5.74, 6) is 2.17. The summed E-state index contributed by atoms with van der Waals surface area (Å²) < 4.78 is 41.8. The Bertz CT molecular complexity index is 1310. The van der Waals surface area contributed by atoms with Gasteiger partial charge in [0.15, 0.2) is 0 Å². The predicted molar refractivity (Wildman–Crippen MR) is 130 cm³/mol.